The lowest BCUT2D eigenvalue weighted by Gasteiger charge is -2.04. The molecule has 1 aromatic heterocycles. The third kappa shape index (κ3) is 3.49. The van der Waals surface area contributed by atoms with Crippen LogP contribution >= 0.6 is 23.8 Å². The number of aromatic nitrogens is 3. The van der Waals surface area contributed by atoms with E-state index in [1.165, 1.54) is 0 Å². The zero-order valence-electron chi connectivity index (χ0n) is 14.4. The largest absolute Gasteiger partial charge is 0.497 e. The fourth-order valence-electron chi connectivity index (χ4n) is 2.79. The first kappa shape index (κ1) is 17.5. The van der Waals surface area contributed by atoms with Crippen molar-refractivity contribution in [1.29, 1.82) is 0 Å². The van der Waals surface area contributed by atoms with Crippen molar-refractivity contribution >= 4 is 40.8 Å². The van der Waals surface area contributed by atoms with E-state index in [1.54, 1.807) is 24.1 Å². The first-order chi connectivity index (χ1) is 13.2. The van der Waals surface area contributed by atoms with E-state index in [-0.39, 0.29) is 0 Å². The lowest BCUT2D eigenvalue weighted by atomic mass is 10.1. The average Bonchev–Trinajstić information content (AvgIpc) is 3.06. The van der Waals surface area contributed by atoms with Gasteiger partial charge in [-0.3, -0.25) is 0 Å². The number of ether oxygens (including phenoxy) is 1. The summed E-state index contributed by atoms with van der Waals surface area (Å²) < 4.78 is 7.22. The molecule has 0 bridgehead atoms. The minimum absolute atomic E-state index is 0.395. The van der Waals surface area contributed by atoms with Gasteiger partial charge >= 0.3 is 0 Å². The molecule has 27 heavy (non-hydrogen) atoms. The van der Waals surface area contributed by atoms with Crippen LogP contribution in [0.2, 0.25) is 5.02 Å². The fourth-order valence-corrected chi connectivity index (χ4v) is 3.19. The SMILES string of the molecule is COc1ccc2cc(/C=N\n3c(-c4ccccc4Cl)n[nH]c3=S)ccc2c1. The van der Waals surface area contributed by atoms with Crippen molar-refractivity contribution in [2.45, 2.75) is 0 Å². The summed E-state index contributed by atoms with van der Waals surface area (Å²) in [7, 11) is 1.66. The molecular weight excluding hydrogens is 380 g/mol. The molecule has 0 fully saturated rings. The van der Waals surface area contributed by atoms with Gasteiger partial charge < -0.3 is 4.74 Å². The van der Waals surface area contributed by atoms with Crippen molar-refractivity contribution < 1.29 is 4.74 Å². The average molecular weight is 395 g/mol. The van der Waals surface area contributed by atoms with Crippen LogP contribution in [0.4, 0.5) is 0 Å². The van der Waals surface area contributed by atoms with Crippen LogP contribution in [0.3, 0.4) is 0 Å². The number of hydrogen-bond acceptors (Lipinski definition) is 4. The van der Waals surface area contributed by atoms with Crippen molar-refractivity contribution in [2.75, 3.05) is 7.11 Å². The molecule has 0 unspecified atom stereocenters. The molecule has 0 spiro atoms. The maximum Gasteiger partial charge on any atom is 0.216 e. The van der Waals surface area contributed by atoms with E-state index in [0.29, 0.717) is 15.6 Å². The Bertz CT molecular complexity index is 1210. The lowest BCUT2D eigenvalue weighted by Crippen LogP contribution is -1.95. The van der Waals surface area contributed by atoms with Crippen LogP contribution in [-0.2, 0) is 0 Å². The molecule has 0 saturated carbocycles. The summed E-state index contributed by atoms with van der Waals surface area (Å²) in [6.45, 7) is 0. The minimum Gasteiger partial charge on any atom is -0.497 e. The van der Waals surface area contributed by atoms with Gasteiger partial charge in [0, 0.05) is 5.56 Å². The number of aromatic amines is 1. The van der Waals surface area contributed by atoms with Crippen molar-refractivity contribution in [3.8, 4) is 17.1 Å². The Morgan fingerprint density at radius 3 is 2.70 bits per heavy atom. The number of halogens is 1. The highest BCUT2D eigenvalue weighted by Gasteiger charge is 2.11. The summed E-state index contributed by atoms with van der Waals surface area (Å²) >= 11 is 11.6. The topological polar surface area (TPSA) is 55.2 Å². The first-order valence-corrected chi connectivity index (χ1v) is 8.99. The number of nitrogens with zero attached hydrogens (tertiary/aromatic N) is 3. The molecule has 1 heterocycles. The van der Waals surface area contributed by atoms with Gasteiger partial charge in [0.2, 0.25) is 4.77 Å². The number of methoxy groups -OCH3 is 1. The van der Waals surface area contributed by atoms with Crippen LogP contribution in [0.15, 0.2) is 65.8 Å². The van der Waals surface area contributed by atoms with Crippen LogP contribution in [0.1, 0.15) is 5.56 Å². The van der Waals surface area contributed by atoms with Gasteiger partial charge in [-0.1, -0.05) is 41.9 Å². The molecule has 4 aromatic rings. The highest BCUT2D eigenvalue weighted by Crippen LogP contribution is 2.26. The molecule has 0 aliphatic rings. The maximum absolute atomic E-state index is 6.28. The molecule has 7 heteroatoms. The number of fused-ring (bicyclic) bond motifs is 1. The molecular formula is C20H15ClN4OS. The third-order valence-electron chi connectivity index (χ3n) is 4.16. The smallest absolute Gasteiger partial charge is 0.216 e. The number of nitrogens with one attached hydrogen (secondary N) is 1. The van der Waals surface area contributed by atoms with Crippen molar-refractivity contribution in [3.63, 3.8) is 0 Å². The highest BCUT2D eigenvalue weighted by molar-refractivity contribution is 7.71. The minimum atomic E-state index is 0.395. The third-order valence-corrected chi connectivity index (χ3v) is 4.75. The van der Waals surface area contributed by atoms with Crippen molar-refractivity contribution in [3.05, 3.63) is 76.0 Å². The standard InChI is InChI=1S/C20H15ClN4OS/c1-26-16-9-8-14-10-13(6-7-15(14)11-16)12-22-25-19(23-24-20(25)27)17-4-2-3-5-18(17)21/h2-12H,1H3,(H,24,27)/b22-12-. The molecule has 0 aliphatic carbocycles. The van der Waals surface area contributed by atoms with E-state index in [4.69, 9.17) is 28.6 Å². The molecule has 0 saturated heterocycles. The lowest BCUT2D eigenvalue weighted by molar-refractivity contribution is 0.415. The predicted octanol–water partition coefficient (Wildman–Crippen LogP) is 5.31. The second-order valence-corrected chi connectivity index (χ2v) is 6.66. The van der Waals surface area contributed by atoms with Gasteiger partial charge in [0.25, 0.3) is 0 Å². The van der Waals surface area contributed by atoms with E-state index in [1.807, 2.05) is 48.5 Å². The van der Waals surface area contributed by atoms with Gasteiger partial charge in [0.15, 0.2) is 5.82 Å². The molecule has 0 aliphatic heterocycles. The van der Waals surface area contributed by atoms with Crippen molar-refractivity contribution in [1.82, 2.24) is 14.9 Å². The Morgan fingerprint density at radius 2 is 1.89 bits per heavy atom. The Balaban J connectivity index is 1.72. The normalized spacial score (nSPS) is 11.3. The number of hydrogen-bond donors (Lipinski definition) is 1. The zero-order valence-corrected chi connectivity index (χ0v) is 16.0. The molecule has 5 nitrogen and oxygen atoms in total. The summed E-state index contributed by atoms with van der Waals surface area (Å²) in [6, 6.07) is 19.5. The van der Waals surface area contributed by atoms with E-state index >= 15 is 0 Å². The van der Waals surface area contributed by atoms with Gasteiger partial charge in [0.05, 0.1) is 18.3 Å². The van der Waals surface area contributed by atoms with E-state index in [2.05, 4.69) is 21.4 Å². The molecule has 0 amide bonds. The van der Waals surface area contributed by atoms with E-state index in [9.17, 15) is 0 Å². The second-order valence-electron chi connectivity index (χ2n) is 5.86. The Labute approximate surface area is 165 Å². The van der Waals surface area contributed by atoms with Crippen LogP contribution in [0.25, 0.3) is 22.2 Å². The van der Waals surface area contributed by atoms with Gasteiger partial charge in [-0.25, -0.2) is 5.10 Å². The van der Waals surface area contributed by atoms with Gasteiger partial charge in [-0.05, 0) is 58.9 Å². The predicted molar refractivity (Wildman–Crippen MR) is 111 cm³/mol. The van der Waals surface area contributed by atoms with Crippen LogP contribution in [0, 0.1) is 4.77 Å². The zero-order chi connectivity index (χ0) is 18.8. The Kier molecular flexibility index (Phi) is 4.75. The number of benzene rings is 3. The van der Waals surface area contributed by atoms with Gasteiger partial charge in [-0.2, -0.15) is 14.9 Å². The summed E-state index contributed by atoms with van der Waals surface area (Å²) in [5.41, 5.74) is 1.70. The van der Waals surface area contributed by atoms with E-state index in [0.717, 1.165) is 27.6 Å². The molecule has 0 radical (unpaired) electrons. The first-order valence-electron chi connectivity index (χ1n) is 8.20. The summed E-state index contributed by atoms with van der Waals surface area (Å²) in [4.78, 5) is 0. The Hall–Kier alpha value is -2.96. The quantitative estimate of drug-likeness (QED) is 0.377. The maximum atomic E-state index is 6.28. The van der Waals surface area contributed by atoms with Crippen LogP contribution < -0.4 is 4.74 Å². The number of rotatable bonds is 4. The van der Waals surface area contributed by atoms with Gasteiger partial charge in [-0.15, -0.1) is 0 Å². The summed E-state index contributed by atoms with van der Waals surface area (Å²) in [5, 5.41) is 14.3. The monoisotopic (exact) mass is 394 g/mol. The second kappa shape index (κ2) is 7.34. The summed E-state index contributed by atoms with van der Waals surface area (Å²) in [6.07, 6.45) is 1.75. The molecule has 0 atom stereocenters. The molecule has 134 valence electrons. The molecule has 3 aromatic carbocycles. The molecule has 1 N–H and O–H groups in total. The highest BCUT2D eigenvalue weighted by atomic mass is 35.5. The van der Waals surface area contributed by atoms with Gasteiger partial charge in [0.1, 0.15) is 5.75 Å². The Morgan fingerprint density at radius 1 is 1.11 bits per heavy atom. The molecule has 4 rings (SSSR count). The summed E-state index contributed by atoms with van der Waals surface area (Å²) in [5.74, 6) is 1.39. The van der Waals surface area contributed by atoms with E-state index < -0.39 is 0 Å². The fraction of sp³-hybridized carbons (Fsp3) is 0.0500. The number of H-pyrrole nitrogens is 1. The van der Waals surface area contributed by atoms with Crippen molar-refractivity contribution in [2.24, 2.45) is 5.10 Å². The van der Waals surface area contributed by atoms with Crippen LogP contribution in [0.5, 0.6) is 5.75 Å². The van der Waals surface area contributed by atoms with Crippen LogP contribution in [-0.4, -0.2) is 28.2 Å².